The first-order valence-electron chi connectivity index (χ1n) is 11.6. The molecule has 2 aromatic rings. The molecule has 0 radical (unpaired) electrons. The van der Waals surface area contributed by atoms with Crippen LogP contribution in [0.1, 0.15) is 68.8 Å². The minimum atomic E-state index is -0.299. The summed E-state index contributed by atoms with van der Waals surface area (Å²) >= 11 is 0. The van der Waals surface area contributed by atoms with Gasteiger partial charge in [0.05, 0.1) is 18.1 Å². The molecule has 2 fully saturated rings. The SMILES string of the molecule is CCC[C@@H](C)O.CCc1ccccc1.O=C1C[C@@H]2C[C@H](OC(=O)c3ccccc3)C[C@@H]2O1. The van der Waals surface area contributed by atoms with E-state index in [1.54, 1.807) is 12.1 Å². The molecule has 2 aromatic carbocycles. The average molecular weight is 441 g/mol. The van der Waals surface area contributed by atoms with Crippen molar-refractivity contribution in [1.29, 1.82) is 0 Å². The Morgan fingerprint density at radius 2 is 1.69 bits per heavy atom. The van der Waals surface area contributed by atoms with Crippen molar-refractivity contribution in [1.82, 2.24) is 0 Å². The van der Waals surface area contributed by atoms with E-state index in [0.29, 0.717) is 18.4 Å². The van der Waals surface area contributed by atoms with Gasteiger partial charge in [-0.2, -0.15) is 0 Å². The molecule has 4 rings (SSSR count). The third-order valence-electron chi connectivity index (χ3n) is 5.54. The Morgan fingerprint density at radius 1 is 1.06 bits per heavy atom. The second-order valence-corrected chi connectivity index (χ2v) is 8.33. The zero-order chi connectivity index (χ0) is 23.3. The molecule has 1 heterocycles. The van der Waals surface area contributed by atoms with Gasteiger partial charge in [0, 0.05) is 12.3 Å². The van der Waals surface area contributed by atoms with Crippen molar-refractivity contribution < 1.29 is 24.2 Å². The predicted octanol–water partition coefficient (Wildman–Crippen LogP) is 5.35. The summed E-state index contributed by atoms with van der Waals surface area (Å²) in [5, 5.41) is 8.55. The Morgan fingerprint density at radius 3 is 2.16 bits per heavy atom. The van der Waals surface area contributed by atoms with Crippen LogP contribution in [0.5, 0.6) is 0 Å². The molecular formula is C27H36O5. The molecule has 0 spiro atoms. The molecule has 0 unspecified atom stereocenters. The van der Waals surface area contributed by atoms with Crippen LogP contribution in [0.3, 0.4) is 0 Å². The lowest BCUT2D eigenvalue weighted by Gasteiger charge is -2.12. The van der Waals surface area contributed by atoms with Crippen molar-refractivity contribution >= 4 is 11.9 Å². The number of fused-ring (bicyclic) bond motifs is 1. The monoisotopic (exact) mass is 440 g/mol. The van der Waals surface area contributed by atoms with Gasteiger partial charge in [-0.05, 0) is 43.9 Å². The summed E-state index contributed by atoms with van der Waals surface area (Å²) in [6.07, 6.45) is 4.70. The molecule has 32 heavy (non-hydrogen) atoms. The maximum atomic E-state index is 11.9. The van der Waals surface area contributed by atoms with Gasteiger partial charge >= 0.3 is 11.9 Å². The zero-order valence-corrected chi connectivity index (χ0v) is 19.4. The van der Waals surface area contributed by atoms with Crippen molar-refractivity contribution in [2.45, 2.75) is 77.6 Å². The van der Waals surface area contributed by atoms with Gasteiger partial charge < -0.3 is 14.6 Å². The third kappa shape index (κ3) is 8.83. The summed E-state index contributed by atoms with van der Waals surface area (Å²) < 4.78 is 10.6. The van der Waals surface area contributed by atoms with Crippen LogP contribution in [0.15, 0.2) is 60.7 Å². The van der Waals surface area contributed by atoms with Crippen LogP contribution in [-0.4, -0.2) is 35.4 Å². The predicted molar refractivity (Wildman–Crippen MR) is 125 cm³/mol. The lowest BCUT2D eigenvalue weighted by molar-refractivity contribution is -0.141. The van der Waals surface area contributed by atoms with E-state index in [9.17, 15) is 9.59 Å². The van der Waals surface area contributed by atoms with Crippen LogP contribution in [0.2, 0.25) is 0 Å². The van der Waals surface area contributed by atoms with Gasteiger partial charge in [0.25, 0.3) is 0 Å². The second kappa shape index (κ2) is 13.7. The number of rotatable bonds is 5. The summed E-state index contributed by atoms with van der Waals surface area (Å²) in [6.45, 7) is 6.03. The lowest BCUT2D eigenvalue weighted by atomic mass is 10.1. The molecule has 0 bridgehead atoms. The van der Waals surface area contributed by atoms with Crippen molar-refractivity contribution in [3.05, 3.63) is 71.8 Å². The highest BCUT2D eigenvalue weighted by atomic mass is 16.6. The number of carbonyl (C=O) groups excluding carboxylic acids is 2. The highest BCUT2D eigenvalue weighted by Gasteiger charge is 2.44. The molecular weight excluding hydrogens is 404 g/mol. The molecule has 1 aliphatic carbocycles. The smallest absolute Gasteiger partial charge is 0.338 e. The van der Waals surface area contributed by atoms with E-state index >= 15 is 0 Å². The number of aryl methyl sites for hydroxylation is 1. The quantitative estimate of drug-likeness (QED) is 0.634. The third-order valence-corrected chi connectivity index (χ3v) is 5.54. The maximum absolute atomic E-state index is 11.9. The van der Waals surface area contributed by atoms with Gasteiger partial charge in [-0.1, -0.05) is 68.8 Å². The van der Waals surface area contributed by atoms with Crippen molar-refractivity contribution in [3.8, 4) is 0 Å². The molecule has 1 aliphatic heterocycles. The van der Waals surface area contributed by atoms with Gasteiger partial charge in [0.2, 0.25) is 0 Å². The van der Waals surface area contributed by atoms with Crippen LogP contribution in [0, 0.1) is 5.92 Å². The normalized spacial score (nSPS) is 21.8. The van der Waals surface area contributed by atoms with E-state index in [0.717, 1.165) is 25.7 Å². The standard InChI is InChI=1S/C14H14O4.C8H10.C5H12O/c15-13-7-10-6-11(8-12(10)18-13)17-14(16)9-4-2-1-3-5-9;1-2-8-6-4-3-5-7-8;1-3-4-5(2)6/h1-5,10-12H,6-8H2;3-7H,2H2,1H3;5-6H,3-4H2,1-2H3/t10-,11-,12-;;5-/m0.1/s1. The van der Waals surface area contributed by atoms with Crippen LogP contribution in [0.25, 0.3) is 0 Å². The lowest BCUT2D eigenvalue weighted by Crippen LogP contribution is -2.17. The number of aliphatic hydroxyl groups excluding tert-OH is 1. The van der Waals surface area contributed by atoms with Gasteiger partial charge in [-0.3, -0.25) is 4.79 Å². The Bertz CT molecular complexity index is 787. The van der Waals surface area contributed by atoms with Crippen LogP contribution in [-0.2, 0) is 20.7 Å². The number of hydrogen-bond acceptors (Lipinski definition) is 5. The summed E-state index contributed by atoms with van der Waals surface area (Å²) in [4.78, 5) is 22.9. The molecule has 2 aliphatic rings. The van der Waals surface area contributed by atoms with Gasteiger partial charge in [-0.15, -0.1) is 0 Å². The maximum Gasteiger partial charge on any atom is 0.338 e. The number of aliphatic hydroxyl groups is 1. The van der Waals surface area contributed by atoms with Crippen LogP contribution in [0.4, 0.5) is 0 Å². The highest BCUT2D eigenvalue weighted by molar-refractivity contribution is 5.89. The number of ether oxygens (including phenoxy) is 2. The zero-order valence-electron chi connectivity index (χ0n) is 19.4. The van der Waals surface area contributed by atoms with Crippen LogP contribution >= 0.6 is 0 Å². The van der Waals surface area contributed by atoms with E-state index < -0.39 is 0 Å². The molecule has 4 atom stereocenters. The molecule has 1 saturated carbocycles. The minimum absolute atomic E-state index is 0.0499. The van der Waals surface area contributed by atoms with Crippen LogP contribution < -0.4 is 0 Å². The molecule has 5 nitrogen and oxygen atoms in total. The van der Waals surface area contributed by atoms with E-state index in [-0.39, 0.29) is 36.2 Å². The first-order valence-corrected chi connectivity index (χ1v) is 11.6. The largest absolute Gasteiger partial charge is 0.462 e. The van der Waals surface area contributed by atoms with Crippen molar-refractivity contribution in [2.75, 3.05) is 0 Å². The summed E-state index contributed by atoms with van der Waals surface area (Å²) in [5.74, 6) is -0.198. The molecule has 1 N–H and O–H groups in total. The number of esters is 2. The second-order valence-electron chi connectivity index (χ2n) is 8.33. The first-order chi connectivity index (χ1) is 15.4. The van der Waals surface area contributed by atoms with E-state index in [1.807, 2.05) is 31.2 Å². The molecule has 0 amide bonds. The summed E-state index contributed by atoms with van der Waals surface area (Å²) in [6, 6.07) is 19.4. The molecule has 0 aromatic heterocycles. The van der Waals surface area contributed by atoms with Crippen molar-refractivity contribution in [3.63, 3.8) is 0 Å². The Balaban J connectivity index is 0.000000215. The van der Waals surface area contributed by atoms with Gasteiger partial charge in [0.15, 0.2) is 0 Å². The van der Waals surface area contributed by atoms with E-state index in [4.69, 9.17) is 14.6 Å². The fraction of sp³-hybridized carbons (Fsp3) is 0.481. The average Bonchev–Trinajstić information content (AvgIpc) is 3.32. The fourth-order valence-electron chi connectivity index (χ4n) is 3.85. The first kappa shape index (κ1) is 25.6. The Kier molecular flexibility index (Phi) is 10.9. The molecule has 5 heteroatoms. The molecule has 1 saturated heterocycles. The fourth-order valence-corrected chi connectivity index (χ4v) is 3.85. The Labute approximate surface area is 191 Å². The number of carbonyl (C=O) groups is 2. The topological polar surface area (TPSA) is 72.8 Å². The van der Waals surface area contributed by atoms with E-state index in [1.165, 1.54) is 5.56 Å². The van der Waals surface area contributed by atoms with E-state index in [2.05, 4.69) is 38.1 Å². The summed E-state index contributed by atoms with van der Waals surface area (Å²) in [7, 11) is 0. The Hall–Kier alpha value is -2.66. The molecule has 174 valence electrons. The summed E-state index contributed by atoms with van der Waals surface area (Å²) in [5.41, 5.74) is 1.97. The van der Waals surface area contributed by atoms with Gasteiger partial charge in [0.1, 0.15) is 12.2 Å². The number of hydrogen-bond donors (Lipinski definition) is 1. The van der Waals surface area contributed by atoms with Gasteiger partial charge in [-0.25, -0.2) is 4.79 Å². The van der Waals surface area contributed by atoms with Crippen molar-refractivity contribution in [2.24, 2.45) is 5.92 Å². The highest BCUT2D eigenvalue weighted by Crippen LogP contribution is 2.38. The minimum Gasteiger partial charge on any atom is -0.462 e. The number of benzene rings is 2.